The average Bonchev–Trinajstić information content (AvgIpc) is 3.24. The van der Waals surface area contributed by atoms with Crippen LogP contribution >= 0.6 is 0 Å². The van der Waals surface area contributed by atoms with E-state index < -0.39 is 0 Å². The van der Waals surface area contributed by atoms with E-state index >= 15 is 0 Å². The zero-order valence-electron chi connectivity index (χ0n) is 16.9. The molecule has 6 heteroatoms. The van der Waals surface area contributed by atoms with Crippen LogP contribution in [0.2, 0.25) is 0 Å². The van der Waals surface area contributed by atoms with Crippen molar-refractivity contribution in [3.63, 3.8) is 0 Å². The highest BCUT2D eigenvalue weighted by Crippen LogP contribution is 2.25. The Morgan fingerprint density at radius 2 is 1.83 bits per heavy atom. The average molecular weight is 398 g/mol. The van der Waals surface area contributed by atoms with Gasteiger partial charge in [0.15, 0.2) is 0 Å². The molecule has 2 aromatic carbocycles. The molecule has 4 aromatic rings. The molecule has 2 heterocycles. The van der Waals surface area contributed by atoms with E-state index in [0.29, 0.717) is 17.9 Å². The molecule has 150 valence electrons. The Morgan fingerprint density at radius 3 is 2.60 bits per heavy atom. The molecule has 1 N–H and O–H groups in total. The van der Waals surface area contributed by atoms with Gasteiger partial charge in [0.25, 0.3) is 5.91 Å². The summed E-state index contributed by atoms with van der Waals surface area (Å²) in [6.45, 7) is 2.42. The van der Waals surface area contributed by atoms with Crippen LogP contribution in [0.15, 0.2) is 79.1 Å². The second kappa shape index (κ2) is 8.61. The summed E-state index contributed by atoms with van der Waals surface area (Å²) in [6.07, 6.45) is 3.42. The molecule has 0 unspecified atom stereocenters. The van der Waals surface area contributed by atoms with Crippen molar-refractivity contribution in [3.05, 3.63) is 95.9 Å². The van der Waals surface area contributed by atoms with E-state index in [1.54, 1.807) is 30.3 Å². The fourth-order valence-corrected chi connectivity index (χ4v) is 3.20. The molecule has 1 amide bonds. The first-order valence-electron chi connectivity index (χ1n) is 9.62. The summed E-state index contributed by atoms with van der Waals surface area (Å²) in [6, 6.07) is 21.1. The Bertz CT molecular complexity index is 1170. The van der Waals surface area contributed by atoms with Crippen molar-refractivity contribution in [3.8, 4) is 22.7 Å². The third-order valence-electron chi connectivity index (χ3n) is 4.76. The molecule has 0 saturated carbocycles. The van der Waals surface area contributed by atoms with Gasteiger partial charge in [0.05, 0.1) is 18.5 Å². The van der Waals surface area contributed by atoms with Gasteiger partial charge < -0.3 is 10.1 Å². The molecular formula is C24H22N4O2. The number of nitrogens with one attached hydrogen (secondary N) is 1. The zero-order valence-corrected chi connectivity index (χ0v) is 16.9. The molecule has 0 saturated heterocycles. The third-order valence-corrected chi connectivity index (χ3v) is 4.76. The molecule has 4 rings (SSSR count). The first-order chi connectivity index (χ1) is 14.6. The molecule has 6 nitrogen and oxygen atoms in total. The summed E-state index contributed by atoms with van der Waals surface area (Å²) in [5, 5.41) is 7.71. The van der Waals surface area contributed by atoms with Crippen LogP contribution in [-0.2, 0) is 6.54 Å². The van der Waals surface area contributed by atoms with Gasteiger partial charge in [-0.3, -0.25) is 9.78 Å². The van der Waals surface area contributed by atoms with Gasteiger partial charge in [-0.2, -0.15) is 5.10 Å². The third kappa shape index (κ3) is 4.22. The molecule has 0 atom stereocenters. The van der Waals surface area contributed by atoms with E-state index in [1.165, 1.54) is 0 Å². The number of hydrogen-bond donors (Lipinski definition) is 1. The predicted octanol–water partition coefficient (Wildman–Crippen LogP) is 4.18. The number of amides is 1. The van der Waals surface area contributed by atoms with Crippen molar-refractivity contribution in [2.45, 2.75) is 13.5 Å². The highest BCUT2D eigenvalue weighted by Gasteiger charge is 2.18. The monoisotopic (exact) mass is 398 g/mol. The maximum atomic E-state index is 13.1. The van der Waals surface area contributed by atoms with Gasteiger partial charge in [-0.15, -0.1) is 0 Å². The van der Waals surface area contributed by atoms with E-state index in [2.05, 4.69) is 10.3 Å². The number of benzene rings is 2. The Labute approximate surface area is 175 Å². The Morgan fingerprint density at radius 1 is 1.03 bits per heavy atom. The maximum absolute atomic E-state index is 13.1. The maximum Gasteiger partial charge on any atom is 0.270 e. The molecule has 0 radical (unpaired) electrons. The standard InChI is InChI=1S/C24H22N4O2/c1-17-5-3-7-20(13-17)28-23(24(29)26-16-18-9-11-25-12-10-18)15-22(27-28)19-6-4-8-21(14-19)30-2/h3-15H,16H2,1-2H3,(H,26,29). The fourth-order valence-electron chi connectivity index (χ4n) is 3.20. The topological polar surface area (TPSA) is 69.0 Å². The highest BCUT2D eigenvalue weighted by molar-refractivity contribution is 5.94. The van der Waals surface area contributed by atoms with Crippen LogP contribution < -0.4 is 10.1 Å². The lowest BCUT2D eigenvalue weighted by atomic mass is 10.1. The Hall–Kier alpha value is -3.93. The van der Waals surface area contributed by atoms with Crippen LogP contribution in [0.25, 0.3) is 16.9 Å². The molecule has 0 bridgehead atoms. The number of aromatic nitrogens is 3. The molecule has 0 aliphatic carbocycles. The van der Waals surface area contributed by atoms with Crippen molar-refractivity contribution < 1.29 is 9.53 Å². The van der Waals surface area contributed by atoms with Crippen LogP contribution in [0.4, 0.5) is 0 Å². The van der Waals surface area contributed by atoms with E-state index in [4.69, 9.17) is 9.84 Å². The summed E-state index contributed by atoms with van der Waals surface area (Å²) in [4.78, 5) is 17.1. The first kappa shape index (κ1) is 19.4. The number of ether oxygens (including phenoxy) is 1. The second-order valence-corrected chi connectivity index (χ2v) is 6.94. The normalized spacial score (nSPS) is 10.6. The van der Waals surface area contributed by atoms with Crippen LogP contribution in [0.5, 0.6) is 5.75 Å². The van der Waals surface area contributed by atoms with Crippen molar-refractivity contribution in [1.82, 2.24) is 20.1 Å². The van der Waals surface area contributed by atoms with Gasteiger partial charge >= 0.3 is 0 Å². The lowest BCUT2D eigenvalue weighted by Crippen LogP contribution is -2.25. The molecule has 30 heavy (non-hydrogen) atoms. The van der Waals surface area contributed by atoms with Gasteiger partial charge in [-0.1, -0.05) is 24.3 Å². The number of nitrogens with zero attached hydrogens (tertiary/aromatic N) is 3. The second-order valence-electron chi connectivity index (χ2n) is 6.94. The minimum absolute atomic E-state index is 0.199. The fraction of sp³-hybridized carbons (Fsp3) is 0.125. The van der Waals surface area contributed by atoms with E-state index in [-0.39, 0.29) is 5.91 Å². The Kier molecular flexibility index (Phi) is 5.57. The van der Waals surface area contributed by atoms with E-state index in [1.807, 2.05) is 67.6 Å². The number of hydrogen-bond acceptors (Lipinski definition) is 4. The number of methoxy groups -OCH3 is 1. The summed E-state index contributed by atoms with van der Waals surface area (Å²) >= 11 is 0. The van der Waals surface area contributed by atoms with Crippen LogP contribution in [-0.4, -0.2) is 27.8 Å². The van der Waals surface area contributed by atoms with Gasteiger partial charge in [0, 0.05) is 24.5 Å². The molecule has 0 aliphatic heterocycles. The predicted molar refractivity (Wildman–Crippen MR) is 116 cm³/mol. The summed E-state index contributed by atoms with van der Waals surface area (Å²) < 4.78 is 7.01. The smallest absolute Gasteiger partial charge is 0.270 e. The van der Waals surface area contributed by atoms with Crippen LogP contribution in [0, 0.1) is 6.92 Å². The highest BCUT2D eigenvalue weighted by atomic mass is 16.5. The Balaban J connectivity index is 1.71. The minimum Gasteiger partial charge on any atom is -0.497 e. The molecular weight excluding hydrogens is 376 g/mol. The first-order valence-corrected chi connectivity index (χ1v) is 9.62. The number of rotatable bonds is 6. The minimum atomic E-state index is -0.199. The molecule has 0 aliphatic rings. The molecule has 0 fully saturated rings. The lowest BCUT2D eigenvalue weighted by Gasteiger charge is -2.09. The number of pyridine rings is 1. The largest absolute Gasteiger partial charge is 0.497 e. The quantitative estimate of drug-likeness (QED) is 0.529. The summed E-state index contributed by atoms with van der Waals surface area (Å²) in [7, 11) is 1.63. The van der Waals surface area contributed by atoms with Crippen molar-refractivity contribution >= 4 is 5.91 Å². The van der Waals surface area contributed by atoms with Crippen LogP contribution in [0.3, 0.4) is 0 Å². The summed E-state index contributed by atoms with van der Waals surface area (Å²) in [5.41, 5.74) is 4.95. The molecule has 0 spiro atoms. The van der Waals surface area contributed by atoms with Crippen molar-refractivity contribution in [1.29, 1.82) is 0 Å². The van der Waals surface area contributed by atoms with Crippen LogP contribution in [0.1, 0.15) is 21.6 Å². The number of carbonyl (C=O) groups excluding carboxylic acids is 1. The van der Waals surface area contributed by atoms with Gasteiger partial charge in [-0.05, 0) is 60.5 Å². The van der Waals surface area contributed by atoms with E-state index in [9.17, 15) is 4.79 Å². The van der Waals surface area contributed by atoms with Crippen molar-refractivity contribution in [2.75, 3.05) is 7.11 Å². The number of carbonyl (C=O) groups is 1. The number of aryl methyl sites for hydroxylation is 1. The lowest BCUT2D eigenvalue weighted by molar-refractivity contribution is 0.0943. The van der Waals surface area contributed by atoms with E-state index in [0.717, 1.165) is 28.1 Å². The zero-order chi connectivity index (χ0) is 20.9. The SMILES string of the molecule is COc1cccc(-c2cc(C(=O)NCc3ccncc3)n(-c3cccc(C)c3)n2)c1. The molecule has 2 aromatic heterocycles. The van der Waals surface area contributed by atoms with Gasteiger partial charge in [-0.25, -0.2) is 4.68 Å². The van der Waals surface area contributed by atoms with Gasteiger partial charge in [0.1, 0.15) is 11.4 Å². The summed E-state index contributed by atoms with van der Waals surface area (Å²) in [5.74, 6) is 0.538. The van der Waals surface area contributed by atoms with Crippen molar-refractivity contribution in [2.24, 2.45) is 0 Å². The van der Waals surface area contributed by atoms with Gasteiger partial charge in [0.2, 0.25) is 0 Å².